The third-order valence-electron chi connectivity index (χ3n) is 5.77. The predicted molar refractivity (Wildman–Crippen MR) is 142 cm³/mol. The summed E-state index contributed by atoms with van der Waals surface area (Å²) in [6.45, 7) is 1.68. The summed E-state index contributed by atoms with van der Waals surface area (Å²) in [4.78, 5) is 33.1. The fraction of sp³-hybridized carbons (Fsp3) is 0.154. The molecule has 5 rings (SSSR count). The summed E-state index contributed by atoms with van der Waals surface area (Å²) in [6.07, 6.45) is 0. The van der Waals surface area contributed by atoms with Gasteiger partial charge in [0.1, 0.15) is 11.4 Å². The minimum atomic E-state index is -0.160. The van der Waals surface area contributed by atoms with Crippen LogP contribution in [-0.4, -0.2) is 48.0 Å². The van der Waals surface area contributed by atoms with Crippen molar-refractivity contribution in [1.82, 2.24) is 20.6 Å². The van der Waals surface area contributed by atoms with Crippen molar-refractivity contribution >= 4 is 45.0 Å². The molecule has 2 aromatic carbocycles. The second-order valence-electron chi connectivity index (χ2n) is 8.22. The molecule has 178 valence electrons. The quantitative estimate of drug-likeness (QED) is 0.200. The first-order valence-corrected chi connectivity index (χ1v) is 12.2. The van der Waals surface area contributed by atoms with Crippen molar-refractivity contribution in [2.24, 2.45) is 11.5 Å². The van der Waals surface area contributed by atoms with Crippen molar-refractivity contribution in [2.75, 3.05) is 26.2 Å². The fourth-order valence-corrected chi connectivity index (χ4v) is 5.03. The Hall–Kier alpha value is -3.92. The van der Waals surface area contributed by atoms with Gasteiger partial charge in [0, 0.05) is 57.7 Å². The van der Waals surface area contributed by atoms with Crippen LogP contribution in [0.4, 0.5) is 0 Å². The Morgan fingerprint density at radius 2 is 1.14 bits per heavy atom. The lowest BCUT2D eigenvalue weighted by atomic mass is 10.1. The zero-order valence-corrected chi connectivity index (χ0v) is 19.8. The second kappa shape index (κ2) is 9.75. The molecule has 0 radical (unpaired) electrons. The number of nitrogens with two attached hydrogens (primary N) is 2. The molecular weight excluding hydrogens is 460 g/mol. The first kappa shape index (κ1) is 22.9. The molecule has 3 aromatic heterocycles. The van der Waals surface area contributed by atoms with Gasteiger partial charge in [-0.1, -0.05) is 12.1 Å². The summed E-state index contributed by atoms with van der Waals surface area (Å²) < 4.78 is 0. The number of H-pyrrole nitrogens is 2. The topological polar surface area (TPSA) is 142 Å². The molecular formula is C26H26N6O2S. The Labute approximate surface area is 205 Å². The summed E-state index contributed by atoms with van der Waals surface area (Å²) in [5, 5.41) is 7.52. The maximum absolute atomic E-state index is 12.2. The summed E-state index contributed by atoms with van der Waals surface area (Å²) >= 11 is 1.70. The van der Waals surface area contributed by atoms with E-state index in [-0.39, 0.29) is 11.8 Å². The number of carbonyl (C=O) groups excluding carboxylic acids is 2. The highest BCUT2D eigenvalue weighted by Crippen LogP contribution is 2.36. The SMILES string of the molecule is NCCNC(=O)c1cc2cc(-c3ccc(-c4ccc5[nH]c(C(=O)NCCN)cc5c4)s3)ccc2[nH]1. The van der Waals surface area contributed by atoms with E-state index in [2.05, 4.69) is 57.0 Å². The molecule has 0 atom stereocenters. The van der Waals surface area contributed by atoms with E-state index in [1.807, 2.05) is 24.3 Å². The monoisotopic (exact) mass is 486 g/mol. The molecule has 8 N–H and O–H groups in total. The van der Waals surface area contributed by atoms with Crippen LogP contribution in [0.3, 0.4) is 0 Å². The number of aromatic amines is 2. The van der Waals surface area contributed by atoms with Gasteiger partial charge in [0.2, 0.25) is 0 Å². The number of benzene rings is 2. The van der Waals surface area contributed by atoms with E-state index in [1.165, 1.54) is 0 Å². The van der Waals surface area contributed by atoms with Crippen LogP contribution in [0.25, 0.3) is 42.7 Å². The van der Waals surface area contributed by atoms with Gasteiger partial charge in [0.15, 0.2) is 0 Å². The van der Waals surface area contributed by atoms with E-state index in [1.54, 1.807) is 11.3 Å². The minimum absolute atomic E-state index is 0.160. The third kappa shape index (κ3) is 4.69. The lowest BCUT2D eigenvalue weighted by Gasteiger charge is -2.00. The number of thiophene rings is 1. The van der Waals surface area contributed by atoms with Crippen LogP contribution in [0.2, 0.25) is 0 Å². The lowest BCUT2D eigenvalue weighted by Crippen LogP contribution is -2.29. The molecule has 0 spiro atoms. The van der Waals surface area contributed by atoms with Gasteiger partial charge in [0.25, 0.3) is 11.8 Å². The molecule has 0 aliphatic rings. The maximum Gasteiger partial charge on any atom is 0.267 e. The number of hydrogen-bond donors (Lipinski definition) is 6. The molecule has 2 amide bonds. The first-order valence-electron chi connectivity index (χ1n) is 11.4. The van der Waals surface area contributed by atoms with Gasteiger partial charge in [0.05, 0.1) is 0 Å². The molecule has 0 saturated carbocycles. The number of nitrogens with one attached hydrogen (secondary N) is 4. The summed E-state index contributed by atoms with van der Waals surface area (Å²) in [6, 6.07) is 20.2. The number of hydrogen-bond acceptors (Lipinski definition) is 5. The van der Waals surface area contributed by atoms with Crippen molar-refractivity contribution in [3.05, 3.63) is 72.1 Å². The number of fused-ring (bicyclic) bond motifs is 2. The van der Waals surface area contributed by atoms with E-state index >= 15 is 0 Å². The largest absolute Gasteiger partial charge is 0.351 e. The molecule has 0 bridgehead atoms. The molecule has 35 heavy (non-hydrogen) atoms. The highest BCUT2D eigenvalue weighted by atomic mass is 32.1. The predicted octanol–water partition coefficient (Wildman–Crippen LogP) is 3.42. The Kier molecular flexibility index (Phi) is 6.37. The average Bonchev–Trinajstić information content (AvgIpc) is 3.62. The van der Waals surface area contributed by atoms with Gasteiger partial charge >= 0.3 is 0 Å². The number of carbonyl (C=O) groups is 2. The molecule has 0 aliphatic heterocycles. The van der Waals surface area contributed by atoms with Crippen molar-refractivity contribution in [2.45, 2.75) is 0 Å². The van der Waals surface area contributed by atoms with Crippen LogP contribution < -0.4 is 22.1 Å². The molecule has 5 aromatic rings. The summed E-state index contributed by atoms with van der Waals surface area (Å²) in [5.74, 6) is -0.321. The van der Waals surface area contributed by atoms with E-state index < -0.39 is 0 Å². The second-order valence-corrected chi connectivity index (χ2v) is 9.31. The van der Waals surface area contributed by atoms with Gasteiger partial charge in [-0.05, 0) is 59.7 Å². The Balaban J connectivity index is 1.39. The highest BCUT2D eigenvalue weighted by molar-refractivity contribution is 7.18. The highest BCUT2D eigenvalue weighted by Gasteiger charge is 2.13. The van der Waals surface area contributed by atoms with E-state index in [0.29, 0.717) is 37.6 Å². The molecule has 0 fully saturated rings. The number of amides is 2. The van der Waals surface area contributed by atoms with Crippen molar-refractivity contribution in [1.29, 1.82) is 0 Å². The normalized spacial score (nSPS) is 11.3. The first-order chi connectivity index (χ1) is 17.1. The summed E-state index contributed by atoms with van der Waals surface area (Å²) in [5.41, 5.74) is 16.0. The molecule has 3 heterocycles. The molecule has 8 nitrogen and oxygen atoms in total. The van der Waals surface area contributed by atoms with Crippen LogP contribution in [0.5, 0.6) is 0 Å². The van der Waals surface area contributed by atoms with Crippen LogP contribution in [0.15, 0.2) is 60.7 Å². The number of aromatic nitrogens is 2. The Morgan fingerprint density at radius 1 is 0.686 bits per heavy atom. The van der Waals surface area contributed by atoms with Crippen LogP contribution >= 0.6 is 11.3 Å². The van der Waals surface area contributed by atoms with E-state index in [9.17, 15) is 9.59 Å². The zero-order valence-electron chi connectivity index (χ0n) is 19.0. The maximum atomic E-state index is 12.2. The third-order valence-corrected chi connectivity index (χ3v) is 6.95. The van der Waals surface area contributed by atoms with Crippen molar-refractivity contribution in [3.8, 4) is 20.9 Å². The van der Waals surface area contributed by atoms with Crippen molar-refractivity contribution in [3.63, 3.8) is 0 Å². The fourth-order valence-electron chi connectivity index (χ4n) is 4.03. The van der Waals surface area contributed by atoms with Gasteiger partial charge in [-0.15, -0.1) is 11.3 Å². The molecule has 0 unspecified atom stereocenters. The Morgan fingerprint density at radius 3 is 1.57 bits per heavy atom. The Bertz CT molecular complexity index is 1420. The van der Waals surface area contributed by atoms with Gasteiger partial charge in [-0.3, -0.25) is 9.59 Å². The van der Waals surface area contributed by atoms with Crippen molar-refractivity contribution < 1.29 is 9.59 Å². The van der Waals surface area contributed by atoms with E-state index in [0.717, 1.165) is 42.7 Å². The van der Waals surface area contributed by atoms with E-state index in [4.69, 9.17) is 11.5 Å². The standard InChI is InChI=1S/C26H26N6O2S/c27-7-9-29-25(33)21-13-17-11-15(1-3-19(17)31-21)23-5-6-24(35-23)16-2-4-20-18(12-16)14-22(32-20)26(34)30-10-8-28/h1-6,11-14,31-32H,7-10,27-28H2,(H,29,33)(H,30,34). The molecule has 0 saturated heterocycles. The summed E-state index contributed by atoms with van der Waals surface area (Å²) in [7, 11) is 0. The molecule has 9 heteroatoms. The average molecular weight is 487 g/mol. The smallest absolute Gasteiger partial charge is 0.267 e. The van der Waals surface area contributed by atoms with Crippen LogP contribution in [-0.2, 0) is 0 Å². The van der Waals surface area contributed by atoms with Gasteiger partial charge < -0.3 is 32.1 Å². The molecule has 0 aliphatic carbocycles. The zero-order chi connectivity index (χ0) is 24.4. The minimum Gasteiger partial charge on any atom is -0.351 e. The van der Waals surface area contributed by atoms with Crippen LogP contribution in [0, 0.1) is 0 Å². The van der Waals surface area contributed by atoms with Crippen LogP contribution in [0.1, 0.15) is 21.0 Å². The number of rotatable bonds is 8. The van der Waals surface area contributed by atoms with Gasteiger partial charge in [-0.25, -0.2) is 0 Å². The van der Waals surface area contributed by atoms with Gasteiger partial charge in [-0.2, -0.15) is 0 Å². The lowest BCUT2D eigenvalue weighted by molar-refractivity contribution is 0.0942.